The molecule has 2 N–H and O–H groups in total. The molecule has 9 heteroatoms. The summed E-state index contributed by atoms with van der Waals surface area (Å²) in [5, 5.41) is 10.5. The number of benzene rings is 1. The molecule has 1 amide bonds. The number of thioether (sulfide) groups is 1. The highest BCUT2D eigenvalue weighted by atomic mass is 32.2. The second kappa shape index (κ2) is 9.14. The van der Waals surface area contributed by atoms with Crippen LogP contribution in [0.25, 0.3) is 0 Å². The van der Waals surface area contributed by atoms with Gasteiger partial charge in [0, 0.05) is 5.69 Å². The van der Waals surface area contributed by atoms with Crippen LogP contribution >= 0.6 is 11.8 Å². The van der Waals surface area contributed by atoms with Gasteiger partial charge in [-0.3, -0.25) is 14.6 Å². The van der Waals surface area contributed by atoms with E-state index in [4.69, 9.17) is 4.74 Å². The minimum atomic E-state index is -0.394. The van der Waals surface area contributed by atoms with Crippen molar-refractivity contribution in [3.05, 3.63) is 45.9 Å². The molecule has 2 aromatic rings. The molecule has 138 valence electrons. The Morgan fingerprint density at radius 3 is 2.58 bits per heavy atom. The number of amides is 1. The van der Waals surface area contributed by atoms with Gasteiger partial charge in [0.2, 0.25) is 5.91 Å². The largest absolute Gasteiger partial charge is 0.459 e. The van der Waals surface area contributed by atoms with Gasteiger partial charge in [-0.1, -0.05) is 18.7 Å². The van der Waals surface area contributed by atoms with Gasteiger partial charge in [-0.2, -0.15) is 0 Å². The third-order valence-electron chi connectivity index (χ3n) is 3.47. The predicted molar refractivity (Wildman–Crippen MR) is 98.4 cm³/mol. The van der Waals surface area contributed by atoms with Crippen LogP contribution in [-0.2, 0) is 9.53 Å². The van der Waals surface area contributed by atoms with Crippen LogP contribution in [0, 0.1) is 6.92 Å². The normalized spacial score (nSPS) is 11.7. The van der Waals surface area contributed by atoms with Crippen molar-refractivity contribution in [3.8, 4) is 0 Å². The molecule has 1 unspecified atom stereocenters. The minimum absolute atomic E-state index is 0.0610. The third-order valence-corrected chi connectivity index (χ3v) is 4.33. The quantitative estimate of drug-likeness (QED) is 0.562. The molecule has 1 atom stereocenters. The van der Waals surface area contributed by atoms with Crippen molar-refractivity contribution in [2.24, 2.45) is 0 Å². The predicted octanol–water partition coefficient (Wildman–Crippen LogP) is 2.16. The summed E-state index contributed by atoms with van der Waals surface area (Å²) >= 11 is 1.07. The lowest BCUT2D eigenvalue weighted by Crippen LogP contribution is -2.17. The Kier molecular flexibility index (Phi) is 6.90. The molecule has 1 heterocycles. The highest BCUT2D eigenvalue weighted by molar-refractivity contribution is 7.99. The summed E-state index contributed by atoms with van der Waals surface area (Å²) in [5.41, 5.74) is 0.915. The van der Waals surface area contributed by atoms with Crippen LogP contribution in [0.5, 0.6) is 0 Å². The van der Waals surface area contributed by atoms with Crippen molar-refractivity contribution in [1.82, 2.24) is 15.2 Å². The van der Waals surface area contributed by atoms with E-state index in [-0.39, 0.29) is 34.2 Å². The molecule has 0 aliphatic heterocycles. The maximum atomic E-state index is 12.0. The fraction of sp³-hybridized carbons (Fsp3) is 0.353. The van der Waals surface area contributed by atoms with Gasteiger partial charge in [0.1, 0.15) is 5.69 Å². The number of nitrogens with zero attached hydrogens (tertiary/aromatic N) is 2. The zero-order valence-electron chi connectivity index (χ0n) is 14.7. The maximum Gasteiger partial charge on any atom is 0.338 e. The molecule has 0 bridgehead atoms. The van der Waals surface area contributed by atoms with Gasteiger partial charge >= 0.3 is 5.97 Å². The van der Waals surface area contributed by atoms with Gasteiger partial charge in [0.05, 0.1) is 17.4 Å². The number of hydrogen-bond acceptors (Lipinski definition) is 7. The first-order valence-corrected chi connectivity index (χ1v) is 9.05. The molecule has 0 aliphatic rings. The average Bonchev–Trinajstić information content (AvgIpc) is 2.63. The van der Waals surface area contributed by atoms with Crippen molar-refractivity contribution in [2.75, 3.05) is 11.1 Å². The lowest BCUT2D eigenvalue weighted by Gasteiger charge is -2.11. The fourth-order valence-corrected chi connectivity index (χ4v) is 2.40. The van der Waals surface area contributed by atoms with Crippen molar-refractivity contribution in [2.45, 2.75) is 38.5 Å². The Morgan fingerprint density at radius 1 is 1.27 bits per heavy atom. The first-order valence-electron chi connectivity index (χ1n) is 8.06. The van der Waals surface area contributed by atoms with Gasteiger partial charge in [0.15, 0.2) is 5.16 Å². The number of nitrogens with one attached hydrogen (secondary N) is 2. The SMILES string of the molecule is CCC(C)OC(=O)c1ccc(NC(=O)CSc2nnc(C)c(=O)[nH]2)cc1. The van der Waals surface area contributed by atoms with Crippen molar-refractivity contribution < 1.29 is 14.3 Å². The molecule has 0 aliphatic carbocycles. The topological polar surface area (TPSA) is 114 Å². The van der Waals surface area contributed by atoms with E-state index in [1.54, 1.807) is 31.2 Å². The van der Waals surface area contributed by atoms with Crippen LogP contribution in [0.3, 0.4) is 0 Å². The number of carbonyl (C=O) groups excluding carboxylic acids is 2. The number of rotatable bonds is 7. The molecule has 0 saturated carbocycles. The molecule has 8 nitrogen and oxygen atoms in total. The van der Waals surface area contributed by atoms with E-state index in [1.165, 1.54) is 0 Å². The first-order chi connectivity index (χ1) is 12.4. The second-order valence-electron chi connectivity index (χ2n) is 5.58. The molecule has 0 spiro atoms. The zero-order valence-corrected chi connectivity index (χ0v) is 15.6. The average molecular weight is 376 g/mol. The number of aromatic amines is 1. The van der Waals surface area contributed by atoms with Crippen LogP contribution in [0.4, 0.5) is 5.69 Å². The lowest BCUT2D eigenvalue weighted by molar-refractivity contribution is -0.113. The lowest BCUT2D eigenvalue weighted by atomic mass is 10.2. The molecule has 0 fully saturated rings. The van der Waals surface area contributed by atoms with E-state index in [1.807, 2.05) is 13.8 Å². The van der Waals surface area contributed by atoms with Crippen LogP contribution in [0.1, 0.15) is 36.3 Å². The molecule has 1 aromatic carbocycles. The summed E-state index contributed by atoms with van der Waals surface area (Å²) in [6, 6.07) is 6.44. The van der Waals surface area contributed by atoms with E-state index >= 15 is 0 Å². The standard InChI is InChI=1S/C17H20N4O4S/c1-4-10(2)25-16(24)12-5-7-13(8-6-12)18-14(22)9-26-17-19-15(23)11(3)20-21-17/h5-8,10H,4,9H2,1-3H3,(H,18,22)(H,19,21,23). The summed E-state index contributed by atoms with van der Waals surface area (Å²) in [7, 11) is 0. The fourth-order valence-electron chi connectivity index (χ4n) is 1.80. The van der Waals surface area contributed by atoms with Gasteiger partial charge < -0.3 is 10.1 Å². The Labute approximate surface area is 154 Å². The Hall–Kier alpha value is -2.68. The summed E-state index contributed by atoms with van der Waals surface area (Å²) in [6.45, 7) is 5.32. The van der Waals surface area contributed by atoms with Gasteiger partial charge in [-0.15, -0.1) is 10.2 Å². The summed E-state index contributed by atoms with van der Waals surface area (Å²) in [6.07, 6.45) is 0.601. The molecule has 26 heavy (non-hydrogen) atoms. The smallest absolute Gasteiger partial charge is 0.338 e. The molecular formula is C17H20N4O4S. The Morgan fingerprint density at radius 2 is 1.96 bits per heavy atom. The van der Waals surface area contributed by atoms with Crippen molar-refractivity contribution >= 4 is 29.3 Å². The number of aromatic nitrogens is 3. The van der Waals surface area contributed by atoms with Crippen LogP contribution in [-0.4, -0.2) is 38.9 Å². The van der Waals surface area contributed by atoms with E-state index in [2.05, 4.69) is 20.5 Å². The number of aryl methyl sites for hydroxylation is 1. The number of esters is 1. The molecule has 0 radical (unpaired) electrons. The number of ether oxygens (including phenoxy) is 1. The molecular weight excluding hydrogens is 356 g/mol. The van der Waals surface area contributed by atoms with Gasteiger partial charge in [-0.25, -0.2) is 4.79 Å². The molecule has 1 aromatic heterocycles. The Balaban J connectivity index is 1.87. The first kappa shape index (κ1) is 19.6. The second-order valence-corrected chi connectivity index (χ2v) is 6.55. The van der Waals surface area contributed by atoms with Crippen LogP contribution in [0.2, 0.25) is 0 Å². The highest BCUT2D eigenvalue weighted by Crippen LogP contribution is 2.14. The van der Waals surface area contributed by atoms with E-state index in [9.17, 15) is 14.4 Å². The van der Waals surface area contributed by atoms with E-state index in [0.29, 0.717) is 11.3 Å². The van der Waals surface area contributed by atoms with Crippen molar-refractivity contribution in [1.29, 1.82) is 0 Å². The van der Waals surface area contributed by atoms with Crippen LogP contribution in [0.15, 0.2) is 34.2 Å². The third kappa shape index (κ3) is 5.69. The molecule has 2 rings (SSSR count). The zero-order chi connectivity index (χ0) is 19.1. The number of hydrogen-bond donors (Lipinski definition) is 2. The minimum Gasteiger partial charge on any atom is -0.459 e. The van der Waals surface area contributed by atoms with Gasteiger partial charge in [0.25, 0.3) is 5.56 Å². The van der Waals surface area contributed by atoms with Crippen LogP contribution < -0.4 is 10.9 Å². The van der Waals surface area contributed by atoms with Gasteiger partial charge in [-0.05, 0) is 44.5 Å². The van der Waals surface area contributed by atoms with E-state index in [0.717, 1.165) is 18.2 Å². The number of carbonyl (C=O) groups is 2. The highest BCUT2D eigenvalue weighted by Gasteiger charge is 2.11. The summed E-state index contributed by atoms with van der Waals surface area (Å²) < 4.78 is 5.24. The van der Waals surface area contributed by atoms with E-state index < -0.39 is 5.97 Å². The Bertz CT molecular complexity index is 835. The molecule has 0 saturated heterocycles. The summed E-state index contributed by atoms with van der Waals surface area (Å²) in [5.74, 6) is -0.603. The summed E-state index contributed by atoms with van der Waals surface area (Å²) in [4.78, 5) is 37.9. The van der Waals surface area contributed by atoms with Crippen molar-refractivity contribution in [3.63, 3.8) is 0 Å². The monoisotopic (exact) mass is 376 g/mol. The number of anilines is 1. The number of H-pyrrole nitrogens is 1. The maximum absolute atomic E-state index is 12.0.